The summed E-state index contributed by atoms with van der Waals surface area (Å²) in [5.41, 5.74) is 6.54. The number of likely N-dealkylation sites (tertiary alicyclic amines) is 1. The highest BCUT2D eigenvalue weighted by atomic mass is 16.5. The number of hydrogen-bond donors (Lipinski definition) is 1. The molecule has 1 saturated heterocycles. The van der Waals surface area contributed by atoms with Crippen molar-refractivity contribution in [2.24, 2.45) is 5.73 Å². The second-order valence-corrected chi connectivity index (χ2v) is 4.86. The Kier molecular flexibility index (Phi) is 2.83. The smallest absolute Gasteiger partial charge is 0.251 e. The van der Waals surface area contributed by atoms with Crippen molar-refractivity contribution in [1.29, 1.82) is 0 Å². The first-order chi connectivity index (χ1) is 9.11. The van der Waals surface area contributed by atoms with Gasteiger partial charge >= 0.3 is 0 Å². The molecule has 19 heavy (non-hydrogen) atoms. The number of carbonyl (C=O) groups excluding carboxylic acids is 1. The number of aryl methyl sites for hydroxylation is 1. The summed E-state index contributed by atoms with van der Waals surface area (Å²) in [7, 11) is 0. The average molecular weight is 261 g/mol. The molecule has 0 bridgehead atoms. The van der Waals surface area contributed by atoms with Crippen LogP contribution in [-0.4, -0.2) is 38.8 Å². The van der Waals surface area contributed by atoms with Gasteiger partial charge in [0.15, 0.2) is 5.76 Å². The van der Waals surface area contributed by atoms with Crippen LogP contribution in [0.5, 0.6) is 0 Å². The second-order valence-electron chi connectivity index (χ2n) is 4.86. The number of rotatable bonds is 4. The van der Waals surface area contributed by atoms with Crippen LogP contribution in [0.3, 0.4) is 0 Å². The van der Waals surface area contributed by atoms with Gasteiger partial charge in [-0.15, -0.1) is 0 Å². The van der Waals surface area contributed by atoms with Crippen LogP contribution in [0.4, 0.5) is 0 Å². The van der Waals surface area contributed by atoms with Crippen LogP contribution in [0.25, 0.3) is 0 Å². The van der Waals surface area contributed by atoms with Crippen molar-refractivity contribution in [2.75, 3.05) is 13.1 Å². The van der Waals surface area contributed by atoms with E-state index >= 15 is 0 Å². The molecule has 2 aromatic heterocycles. The van der Waals surface area contributed by atoms with E-state index in [2.05, 4.69) is 15.2 Å². The molecule has 1 fully saturated rings. The molecule has 1 amide bonds. The van der Waals surface area contributed by atoms with E-state index in [1.807, 2.05) is 13.0 Å². The minimum Gasteiger partial charge on any atom is -0.366 e. The van der Waals surface area contributed by atoms with E-state index in [9.17, 15) is 4.79 Å². The molecular weight excluding hydrogens is 246 g/mol. The predicted molar refractivity (Wildman–Crippen MR) is 66.3 cm³/mol. The average Bonchev–Trinajstić information content (AvgIpc) is 2.91. The summed E-state index contributed by atoms with van der Waals surface area (Å²) < 4.78 is 6.97. The van der Waals surface area contributed by atoms with Crippen LogP contribution in [0.15, 0.2) is 23.0 Å². The molecule has 0 radical (unpaired) electrons. The maximum absolute atomic E-state index is 11.0. The fraction of sp³-hybridized carbons (Fsp3) is 0.417. The minimum absolute atomic E-state index is 0.289. The van der Waals surface area contributed by atoms with Gasteiger partial charge in [0.1, 0.15) is 0 Å². The SMILES string of the molecule is Cc1cc(CN2CC(n3cc(C(N)=O)cn3)C2)on1. The third-order valence-corrected chi connectivity index (χ3v) is 3.25. The van der Waals surface area contributed by atoms with E-state index < -0.39 is 5.91 Å². The molecule has 3 heterocycles. The summed E-state index contributed by atoms with van der Waals surface area (Å²) in [5, 5.41) is 8.02. The molecule has 7 nitrogen and oxygen atoms in total. The summed E-state index contributed by atoms with van der Waals surface area (Å²) >= 11 is 0. The molecule has 0 saturated carbocycles. The van der Waals surface area contributed by atoms with Gasteiger partial charge in [0.05, 0.1) is 30.0 Å². The van der Waals surface area contributed by atoms with E-state index in [-0.39, 0.29) is 6.04 Å². The van der Waals surface area contributed by atoms with Crippen LogP contribution in [0, 0.1) is 6.92 Å². The molecule has 2 N–H and O–H groups in total. The molecule has 2 aromatic rings. The van der Waals surface area contributed by atoms with E-state index in [4.69, 9.17) is 10.3 Å². The fourth-order valence-electron chi connectivity index (χ4n) is 2.22. The fourth-order valence-corrected chi connectivity index (χ4v) is 2.22. The topological polar surface area (TPSA) is 90.2 Å². The van der Waals surface area contributed by atoms with E-state index in [0.29, 0.717) is 5.56 Å². The Bertz CT molecular complexity index is 597. The van der Waals surface area contributed by atoms with Gasteiger partial charge in [0, 0.05) is 25.4 Å². The lowest BCUT2D eigenvalue weighted by atomic mass is 10.1. The molecule has 1 aliphatic heterocycles. The van der Waals surface area contributed by atoms with Crippen molar-refractivity contribution in [2.45, 2.75) is 19.5 Å². The molecule has 0 atom stereocenters. The van der Waals surface area contributed by atoms with E-state index in [1.54, 1.807) is 10.9 Å². The van der Waals surface area contributed by atoms with Gasteiger partial charge in [-0.2, -0.15) is 5.10 Å². The number of hydrogen-bond acceptors (Lipinski definition) is 5. The van der Waals surface area contributed by atoms with Crippen LogP contribution in [0.1, 0.15) is 27.9 Å². The predicted octanol–water partition coefficient (Wildman–Crippen LogP) is 0.335. The van der Waals surface area contributed by atoms with Crippen LogP contribution < -0.4 is 5.73 Å². The zero-order valence-corrected chi connectivity index (χ0v) is 10.6. The van der Waals surface area contributed by atoms with Crippen molar-refractivity contribution in [3.63, 3.8) is 0 Å². The van der Waals surface area contributed by atoms with Gasteiger partial charge in [-0.05, 0) is 6.92 Å². The summed E-state index contributed by atoms with van der Waals surface area (Å²) in [6.07, 6.45) is 3.20. The van der Waals surface area contributed by atoms with Gasteiger partial charge in [0.25, 0.3) is 5.91 Å². The van der Waals surface area contributed by atoms with Gasteiger partial charge in [-0.1, -0.05) is 5.16 Å². The summed E-state index contributed by atoms with van der Waals surface area (Å²) in [4.78, 5) is 13.2. The van der Waals surface area contributed by atoms with Crippen LogP contribution in [0.2, 0.25) is 0 Å². The molecule has 3 rings (SSSR count). The quantitative estimate of drug-likeness (QED) is 0.856. The number of primary amides is 1. The van der Waals surface area contributed by atoms with Gasteiger partial charge in [0.2, 0.25) is 0 Å². The maximum Gasteiger partial charge on any atom is 0.251 e. The number of nitrogens with two attached hydrogens (primary N) is 1. The Hall–Kier alpha value is -2.15. The number of carbonyl (C=O) groups is 1. The van der Waals surface area contributed by atoms with Crippen molar-refractivity contribution in [3.05, 3.63) is 35.5 Å². The molecule has 100 valence electrons. The minimum atomic E-state index is -0.445. The van der Waals surface area contributed by atoms with Crippen LogP contribution in [-0.2, 0) is 6.54 Å². The third kappa shape index (κ3) is 2.37. The Labute approximate surface area is 110 Å². The Morgan fingerprint density at radius 2 is 2.37 bits per heavy atom. The lowest BCUT2D eigenvalue weighted by Crippen LogP contribution is -2.47. The summed E-state index contributed by atoms with van der Waals surface area (Å²) in [6.45, 7) is 4.40. The lowest BCUT2D eigenvalue weighted by molar-refractivity contribution is 0.0808. The first-order valence-electron chi connectivity index (χ1n) is 6.10. The summed E-state index contributed by atoms with van der Waals surface area (Å²) in [6, 6.07) is 2.23. The highest BCUT2D eigenvalue weighted by molar-refractivity contribution is 5.92. The van der Waals surface area contributed by atoms with E-state index in [1.165, 1.54) is 6.20 Å². The molecule has 7 heteroatoms. The number of amides is 1. The van der Waals surface area contributed by atoms with Crippen LogP contribution >= 0.6 is 0 Å². The molecule has 0 aromatic carbocycles. The van der Waals surface area contributed by atoms with Crippen molar-refractivity contribution < 1.29 is 9.32 Å². The standard InChI is InChI=1S/C12H15N5O2/c1-8-2-11(19-15-8)7-16-5-10(6-16)17-4-9(3-14-17)12(13)18/h2-4,10H,5-7H2,1H3,(H2,13,18). The zero-order valence-electron chi connectivity index (χ0n) is 10.6. The number of aromatic nitrogens is 3. The van der Waals surface area contributed by atoms with Gasteiger partial charge in [-0.25, -0.2) is 0 Å². The summed E-state index contributed by atoms with van der Waals surface area (Å²) in [5.74, 6) is 0.425. The molecule has 0 aliphatic carbocycles. The second kappa shape index (κ2) is 4.51. The lowest BCUT2D eigenvalue weighted by Gasteiger charge is -2.38. The first kappa shape index (κ1) is 11.9. The van der Waals surface area contributed by atoms with Gasteiger partial charge in [-0.3, -0.25) is 14.4 Å². The highest BCUT2D eigenvalue weighted by Gasteiger charge is 2.29. The Morgan fingerprint density at radius 3 is 2.95 bits per heavy atom. The molecule has 0 unspecified atom stereocenters. The molecule has 0 spiro atoms. The first-order valence-corrected chi connectivity index (χ1v) is 6.10. The normalized spacial score (nSPS) is 16.5. The Morgan fingerprint density at radius 1 is 1.58 bits per heavy atom. The monoisotopic (exact) mass is 261 g/mol. The van der Waals surface area contributed by atoms with Gasteiger partial charge < -0.3 is 10.3 Å². The number of nitrogens with zero attached hydrogens (tertiary/aromatic N) is 4. The third-order valence-electron chi connectivity index (χ3n) is 3.25. The largest absolute Gasteiger partial charge is 0.366 e. The van der Waals surface area contributed by atoms with Crippen molar-refractivity contribution >= 4 is 5.91 Å². The highest BCUT2D eigenvalue weighted by Crippen LogP contribution is 2.23. The zero-order chi connectivity index (χ0) is 13.4. The molecule has 1 aliphatic rings. The van der Waals surface area contributed by atoms with Crippen molar-refractivity contribution in [3.8, 4) is 0 Å². The van der Waals surface area contributed by atoms with E-state index in [0.717, 1.165) is 31.1 Å². The Balaban J connectivity index is 1.55. The van der Waals surface area contributed by atoms with Crippen molar-refractivity contribution in [1.82, 2.24) is 19.8 Å². The molecular formula is C12H15N5O2. The maximum atomic E-state index is 11.0.